The molecule has 4 aromatic heterocycles. The summed E-state index contributed by atoms with van der Waals surface area (Å²) in [6.45, 7) is 2.95. The van der Waals surface area contributed by atoms with Gasteiger partial charge in [-0.25, -0.2) is 4.57 Å². The van der Waals surface area contributed by atoms with Crippen LogP contribution >= 0.6 is 11.3 Å². The molecule has 0 amide bonds. The zero-order chi connectivity index (χ0) is 32.2. The van der Waals surface area contributed by atoms with Crippen LogP contribution in [0.15, 0.2) is 152 Å². The van der Waals surface area contributed by atoms with E-state index >= 15 is 0 Å². The van der Waals surface area contributed by atoms with Gasteiger partial charge >= 0.3 is 0 Å². The van der Waals surface area contributed by atoms with Gasteiger partial charge in [0.2, 0.25) is 22.8 Å². The molecule has 1 aliphatic heterocycles. The molecule has 4 heteroatoms. The van der Waals surface area contributed by atoms with E-state index in [4.69, 9.17) is 0 Å². The normalized spacial score (nSPS) is 12.4. The minimum atomic E-state index is 0.766. The molecule has 48 heavy (non-hydrogen) atoms. The van der Waals surface area contributed by atoms with Crippen LogP contribution in [0.3, 0.4) is 0 Å². The molecule has 228 valence electrons. The zero-order valence-electron chi connectivity index (χ0n) is 27.0. The minimum absolute atomic E-state index is 0.766. The van der Waals surface area contributed by atoms with Gasteiger partial charge < -0.3 is 0 Å². The van der Waals surface area contributed by atoms with E-state index in [1.165, 1.54) is 70.5 Å². The highest BCUT2D eigenvalue weighted by molar-refractivity contribution is 7.25. The van der Waals surface area contributed by atoms with Crippen molar-refractivity contribution in [2.45, 2.75) is 13.5 Å². The smallest absolute Gasteiger partial charge is 0.201 e. The SMILES string of the molecule is Cc1cc[n+](C)c(-c2cc3sc4ccccc4c3cc2C2=Cc3ccccc3-c3cccc[n+]3Cc3ccccc3-c3cccc[n+]32)c1. The molecular weight excluding hydrogens is 603 g/mol. The van der Waals surface area contributed by atoms with Crippen molar-refractivity contribution < 1.29 is 13.7 Å². The maximum Gasteiger partial charge on any atom is 0.219 e. The van der Waals surface area contributed by atoms with E-state index < -0.39 is 0 Å². The van der Waals surface area contributed by atoms with Crippen molar-refractivity contribution >= 4 is 43.3 Å². The van der Waals surface area contributed by atoms with E-state index in [2.05, 4.69) is 186 Å². The fourth-order valence-electron chi connectivity index (χ4n) is 7.24. The topological polar surface area (TPSA) is 11.6 Å². The van der Waals surface area contributed by atoms with Crippen LogP contribution in [-0.2, 0) is 13.6 Å². The third-order valence-electron chi connectivity index (χ3n) is 9.60. The Labute approximate surface area is 284 Å². The van der Waals surface area contributed by atoms with E-state index in [1.54, 1.807) is 0 Å². The number of hydrogen-bond acceptors (Lipinski definition) is 1. The van der Waals surface area contributed by atoms with Crippen molar-refractivity contribution in [1.29, 1.82) is 0 Å². The molecule has 0 saturated heterocycles. The maximum absolute atomic E-state index is 2.44. The van der Waals surface area contributed by atoms with E-state index in [-0.39, 0.29) is 0 Å². The summed E-state index contributed by atoms with van der Waals surface area (Å²) in [5.74, 6) is 0. The lowest BCUT2D eigenvalue weighted by atomic mass is 9.94. The quantitative estimate of drug-likeness (QED) is 0.168. The van der Waals surface area contributed by atoms with Crippen LogP contribution in [0.1, 0.15) is 22.3 Å². The van der Waals surface area contributed by atoms with E-state index in [0.29, 0.717) is 0 Å². The number of aromatic nitrogens is 3. The molecule has 0 bridgehead atoms. The molecule has 0 radical (unpaired) electrons. The second-order valence-corrected chi connectivity index (χ2v) is 13.7. The number of nitrogens with zero attached hydrogens (tertiary/aromatic N) is 3. The van der Waals surface area contributed by atoms with E-state index in [1.807, 2.05) is 11.3 Å². The van der Waals surface area contributed by atoms with Crippen LogP contribution in [0, 0.1) is 6.92 Å². The number of fused-ring (bicyclic) bond motifs is 9. The number of pyridine rings is 3. The van der Waals surface area contributed by atoms with Gasteiger partial charge in [-0.3, -0.25) is 0 Å². The van der Waals surface area contributed by atoms with Gasteiger partial charge in [0.05, 0.1) is 22.3 Å². The molecule has 0 spiro atoms. The second-order valence-electron chi connectivity index (χ2n) is 12.6. The van der Waals surface area contributed by atoms with Gasteiger partial charge in [0.25, 0.3) is 0 Å². The van der Waals surface area contributed by atoms with Gasteiger partial charge in [-0.05, 0) is 60.5 Å². The summed E-state index contributed by atoms with van der Waals surface area (Å²) in [5.41, 5.74) is 13.2. The van der Waals surface area contributed by atoms with E-state index in [0.717, 1.165) is 17.9 Å². The summed E-state index contributed by atoms with van der Waals surface area (Å²) in [4.78, 5) is 0. The Morgan fingerprint density at radius 2 is 1.29 bits per heavy atom. The molecule has 0 unspecified atom stereocenters. The lowest BCUT2D eigenvalue weighted by molar-refractivity contribution is -0.677. The lowest BCUT2D eigenvalue weighted by Crippen LogP contribution is -2.38. The van der Waals surface area contributed by atoms with Crippen LogP contribution in [0.2, 0.25) is 0 Å². The molecule has 0 saturated carbocycles. The molecular formula is C44H34N3S+3. The zero-order valence-corrected chi connectivity index (χ0v) is 27.8. The molecule has 1 aliphatic rings. The Hall–Kier alpha value is -5.71. The Morgan fingerprint density at radius 3 is 2.21 bits per heavy atom. The molecule has 0 atom stereocenters. The van der Waals surface area contributed by atoms with Crippen molar-refractivity contribution in [1.82, 2.24) is 0 Å². The number of thiophene rings is 1. The van der Waals surface area contributed by atoms with Gasteiger partial charge in [0.1, 0.15) is 7.05 Å². The summed E-state index contributed by atoms with van der Waals surface area (Å²) in [5, 5.41) is 2.58. The first-order valence-electron chi connectivity index (χ1n) is 16.4. The first-order valence-corrected chi connectivity index (χ1v) is 17.3. The van der Waals surface area contributed by atoms with Crippen molar-refractivity contribution in [3.63, 3.8) is 0 Å². The van der Waals surface area contributed by atoms with Gasteiger partial charge in [-0.1, -0.05) is 54.6 Å². The fourth-order valence-corrected chi connectivity index (χ4v) is 8.37. The first-order chi connectivity index (χ1) is 23.6. The Balaban J connectivity index is 1.46. The van der Waals surface area contributed by atoms with Crippen LogP contribution in [0.25, 0.3) is 65.7 Å². The standard InChI is InChI=1S/C44H34N3S/c1-30-21-24-45(2)41(25-30)37-28-44-38(35-17-7-8-20-43(35)48-44)27-36(37)42-26-31-13-3-5-15-33(31)39-18-9-11-22-46(39)29-32-14-4-6-16-34(32)40-19-10-12-23-47(40)42/h3-28H,29H2,1-2H3/q+3. The first kappa shape index (κ1) is 28.5. The lowest BCUT2D eigenvalue weighted by Gasteiger charge is -2.13. The maximum atomic E-state index is 2.44. The monoisotopic (exact) mass is 636 g/mol. The molecule has 9 rings (SSSR count). The molecule has 5 heterocycles. The van der Waals surface area contributed by atoms with Crippen molar-refractivity contribution in [2.24, 2.45) is 7.05 Å². The predicted octanol–water partition coefficient (Wildman–Crippen LogP) is 9.17. The van der Waals surface area contributed by atoms with Crippen molar-refractivity contribution in [2.75, 3.05) is 0 Å². The number of aryl methyl sites for hydroxylation is 2. The van der Waals surface area contributed by atoms with E-state index in [9.17, 15) is 0 Å². The fraction of sp³-hybridized carbons (Fsp3) is 0.0682. The summed E-state index contributed by atoms with van der Waals surface area (Å²) >= 11 is 1.87. The molecule has 0 fully saturated rings. The van der Waals surface area contributed by atoms with Crippen LogP contribution in [0.4, 0.5) is 0 Å². The molecule has 0 N–H and O–H groups in total. The van der Waals surface area contributed by atoms with Crippen molar-refractivity contribution in [3.05, 3.63) is 174 Å². The average molecular weight is 637 g/mol. The summed E-state index contributed by atoms with van der Waals surface area (Å²) in [6, 6.07) is 48.9. The van der Waals surface area contributed by atoms with Gasteiger partial charge in [0, 0.05) is 68.2 Å². The second kappa shape index (κ2) is 11.5. The van der Waals surface area contributed by atoms with Crippen LogP contribution in [-0.4, -0.2) is 0 Å². The van der Waals surface area contributed by atoms with Gasteiger partial charge in [0.15, 0.2) is 25.1 Å². The van der Waals surface area contributed by atoms with Crippen LogP contribution in [0.5, 0.6) is 0 Å². The highest BCUT2D eigenvalue weighted by Crippen LogP contribution is 2.40. The largest absolute Gasteiger partial charge is 0.219 e. The molecule has 4 aromatic carbocycles. The molecule has 3 nitrogen and oxygen atoms in total. The Kier molecular flexibility index (Phi) is 6.84. The molecule has 8 aromatic rings. The molecule has 0 aliphatic carbocycles. The summed E-state index contributed by atoms with van der Waals surface area (Å²) in [6.07, 6.45) is 9.01. The van der Waals surface area contributed by atoms with Gasteiger partial charge in [-0.2, -0.15) is 9.13 Å². The Morgan fingerprint density at radius 1 is 0.542 bits per heavy atom. The van der Waals surface area contributed by atoms with Crippen molar-refractivity contribution in [3.8, 4) is 33.8 Å². The third-order valence-corrected chi connectivity index (χ3v) is 10.7. The average Bonchev–Trinajstić information content (AvgIpc) is 3.48. The predicted molar refractivity (Wildman–Crippen MR) is 197 cm³/mol. The number of hydrogen-bond donors (Lipinski definition) is 0. The number of rotatable bonds is 2. The Bertz CT molecular complexity index is 2570. The summed E-state index contributed by atoms with van der Waals surface area (Å²) < 4.78 is 9.64. The van der Waals surface area contributed by atoms with Gasteiger partial charge in [-0.15, -0.1) is 11.3 Å². The summed E-state index contributed by atoms with van der Waals surface area (Å²) in [7, 11) is 2.15. The minimum Gasteiger partial charge on any atom is -0.201 e. The van der Waals surface area contributed by atoms with Crippen LogP contribution < -0.4 is 13.7 Å². The number of benzene rings is 4. The highest BCUT2D eigenvalue weighted by Gasteiger charge is 2.30. The third kappa shape index (κ3) is 4.76. The highest BCUT2D eigenvalue weighted by atomic mass is 32.1.